The Balaban J connectivity index is 1.96. The topological polar surface area (TPSA) is 77.7 Å². The molecule has 3 aromatic rings. The average Bonchev–Trinajstić information content (AvgIpc) is 2.96. The van der Waals surface area contributed by atoms with Gasteiger partial charge in [0.05, 0.1) is 10.8 Å². The molecule has 0 radical (unpaired) electrons. The fourth-order valence-corrected chi connectivity index (χ4v) is 4.19. The maximum atomic E-state index is 12.3. The molecule has 0 saturated heterocycles. The SMILES string of the molecule is O=S(=O)(Sc1nncn1-c1ccccc1)c1ccccn1. The third-order valence-electron chi connectivity index (χ3n) is 2.63. The van der Waals surface area contributed by atoms with Crippen LogP contribution in [0.5, 0.6) is 0 Å². The first-order valence-electron chi connectivity index (χ1n) is 5.98. The molecule has 0 atom stereocenters. The third kappa shape index (κ3) is 2.96. The first-order valence-corrected chi connectivity index (χ1v) is 8.79. The number of aromatic nitrogens is 4. The Labute approximate surface area is 125 Å². The van der Waals surface area contributed by atoms with Gasteiger partial charge in [0.1, 0.15) is 6.33 Å². The summed E-state index contributed by atoms with van der Waals surface area (Å²) >= 11 is 0. The van der Waals surface area contributed by atoms with Gasteiger partial charge in [-0.2, -0.15) is 0 Å². The highest BCUT2D eigenvalue weighted by atomic mass is 33.1. The Hall–Kier alpha value is -2.19. The zero-order valence-electron chi connectivity index (χ0n) is 10.7. The molecule has 2 aromatic heterocycles. The number of hydrogen-bond acceptors (Lipinski definition) is 6. The Kier molecular flexibility index (Phi) is 3.72. The van der Waals surface area contributed by atoms with Crippen LogP contribution in [-0.4, -0.2) is 28.2 Å². The highest BCUT2D eigenvalue weighted by molar-refractivity contribution is 8.71. The maximum Gasteiger partial charge on any atom is 0.254 e. The first kappa shape index (κ1) is 13.8. The van der Waals surface area contributed by atoms with Crippen molar-refractivity contribution in [2.45, 2.75) is 10.2 Å². The molecule has 0 amide bonds. The van der Waals surface area contributed by atoms with Crippen LogP contribution in [0.25, 0.3) is 5.69 Å². The highest BCUT2D eigenvalue weighted by Gasteiger charge is 2.21. The van der Waals surface area contributed by atoms with Crippen molar-refractivity contribution in [1.82, 2.24) is 19.7 Å². The van der Waals surface area contributed by atoms with Crippen molar-refractivity contribution in [3.8, 4) is 5.69 Å². The summed E-state index contributed by atoms with van der Waals surface area (Å²) < 4.78 is 26.2. The molecule has 0 unspecified atom stereocenters. The van der Waals surface area contributed by atoms with Gasteiger partial charge in [-0.05, 0) is 24.3 Å². The second-order valence-electron chi connectivity index (χ2n) is 4.02. The van der Waals surface area contributed by atoms with Gasteiger partial charge < -0.3 is 0 Å². The Bertz CT molecular complexity index is 833. The second-order valence-corrected chi connectivity index (χ2v) is 7.70. The monoisotopic (exact) mass is 318 g/mol. The van der Waals surface area contributed by atoms with Crippen LogP contribution in [0, 0.1) is 0 Å². The van der Waals surface area contributed by atoms with Crippen molar-refractivity contribution in [2.75, 3.05) is 0 Å². The maximum absolute atomic E-state index is 12.3. The lowest BCUT2D eigenvalue weighted by Crippen LogP contribution is -2.01. The number of hydrogen-bond donors (Lipinski definition) is 0. The molecule has 106 valence electrons. The van der Waals surface area contributed by atoms with E-state index in [1.165, 1.54) is 18.6 Å². The molecule has 0 spiro atoms. The van der Waals surface area contributed by atoms with Crippen LogP contribution in [0.1, 0.15) is 0 Å². The van der Waals surface area contributed by atoms with E-state index >= 15 is 0 Å². The smallest absolute Gasteiger partial charge is 0.254 e. The molecular formula is C13H10N4O2S2. The number of rotatable bonds is 4. The van der Waals surface area contributed by atoms with Crippen LogP contribution in [-0.2, 0) is 8.87 Å². The predicted octanol–water partition coefficient (Wildman–Crippen LogP) is 2.14. The number of benzene rings is 1. The summed E-state index contributed by atoms with van der Waals surface area (Å²) in [6.07, 6.45) is 2.92. The summed E-state index contributed by atoms with van der Waals surface area (Å²) in [5, 5.41) is 7.92. The van der Waals surface area contributed by atoms with E-state index in [-0.39, 0.29) is 10.2 Å². The Morgan fingerprint density at radius 2 is 1.76 bits per heavy atom. The van der Waals surface area contributed by atoms with Crippen molar-refractivity contribution >= 4 is 19.7 Å². The van der Waals surface area contributed by atoms with E-state index < -0.39 is 8.87 Å². The van der Waals surface area contributed by atoms with E-state index in [0.29, 0.717) is 10.8 Å². The fraction of sp³-hybridized carbons (Fsp3) is 0. The molecule has 0 aliphatic carbocycles. The molecule has 21 heavy (non-hydrogen) atoms. The van der Waals surface area contributed by atoms with Crippen LogP contribution < -0.4 is 0 Å². The summed E-state index contributed by atoms with van der Waals surface area (Å²) in [4.78, 5) is 3.87. The van der Waals surface area contributed by atoms with Gasteiger partial charge in [0.15, 0.2) is 5.03 Å². The summed E-state index contributed by atoms with van der Waals surface area (Å²) in [6, 6.07) is 14.0. The lowest BCUT2D eigenvalue weighted by molar-refractivity contribution is 0.607. The van der Waals surface area contributed by atoms with Gasteiger partial charge in [-0.15, -0.1) is 10.2 Å². The van der Waals surface area contributed by atoms with Crippen LogP contribution in [0.3, 0.4) is 0 Å². The largest absolute Gasteiger partial charge is 0.276 e. The zero-order chi connectivity index (χ0) is 14.7. The van der Waals surface area contributed by atoms with Gasteiger partial charge >= 0.3 is 0 Å². The van der Waals surface area contributed by atoms with Gasteiger partial charge in [-0.3, -0.25) is 4.57 Å². The van der Waals surface area contributed by atoms with Crippen molar-refractivity contribution in [2.24, 2.45) is 0 Å². The van der Waals surface area contributed by atoms with E-state index in [2.05, 4.69) is 15.2 Å². The first-order chi connectivity index (χ1) is 10.2. The summed E-state index contributed by atoms with van der Waals surface area (Å²) in [5.41, 5.74) is 0.793. The molecule has 0 aliphatic heterocycles. The zero-order valence-corrected chi connectivity index (χ0v) is 12.3. The third-order valence-corrected chi connectivity index (χ3v) is 5.65. The van der Waals surface area contributed by atoms with E-state index in [4.69, 9.17) is 0 Å². The Morgan fingerprint density at radius 3 is 2.48 bits per heavy atom. The molecule has 0 N–H and O–H groups in total. The van der Waals surface area contributed by atoms with E-state index in [1.54, 1.807) is 16.7 Å². The molecule has 0 saturated carbocycles. The van der Waals surface area contributed by atoms with Gasteiger partial charge in [0.2, 0.25) is 5.16 Å². The normalized spacial score (nSPS) is 11.4. The van der Waals surface area contributed by atoms with Gasteiger partial charge in [0, 0.05) is 11.9 Å². The number of nitrogens with zero attached hydrogens (tertiary/aromatic N) is 4. The van der Waals surface area contributed by atoms with Crippen LogP contribution in [0.2, 0.25) is 0 Å². The molecule has 3 rings (SSSR count). The molecule has 1 aromatic carbocycles. The van der Waals surface area contributed by atoms with Crippen LogP contribution in [0.4, 0.5) is 0 Å². The summed E-state index contributed by atoms with van der Waals surface area (Å²) in [6.45, 7) is 0. The van der Waals surface area contributed by atoms with Gasteiger partial charge in [0.25, 0.3) is 8.87 Å². The lowest BCUT2D eigenvalue weighted by atomic mass is 10.3. The van der Waals surface area contributed by atoms with Gasteiger partial charge in [-0.25, -0.2) is 13.4 Å². The average molecular weight is 318 g/mol. The number of para-hydroxylation sites is 1. The van der Waals surface area contributed by atoms with Crippen molar-refractivity contribution in [3.05, 3.63) is 61.1 Å². The summed E-state index contributed by atoms with van der Waals surface area (Å²) in [7, 11) is -3.01. The Morgan fingerprint density at radius 1 is 1.00 bits per heavy atom. The molecule has 2 heterocycles. The minimum atomic E-state index is -3.63. The van der Waals surface area contributed by atoms with Crippen molar-refractivity contribution in [3.63, 3.8) is 0 Å². The van der Waals surface area contributed by atoms with Crippen molar-refractivity contribution in [1.29, 1.82) is 0 Å². The second kappa shape index (κ2) is 5.66. The van der Waals surface area contributed by atoms with Crippen LogP contribution >= 0.6 is 10.8 Å². The highest BCUT2D eigenvalue weighted by Crippen LogP contribution is 2.29. The molecule has 0 bridgehead atoms. The van der Waals surface area contributed by atoms with E-state index in [9.17, 15) is 8.42 Å². The predicted molar refractivity (Wildman–Crippen MR) is 78.6 cm³/mol. The molecule has 0 aliphatic rings. The lowest BCUT2D eigenvalue weighted by Gasteiger charge is -2.05. The minimum Gasteiger partial charge on any atom is -0.276 e. The molecular weight excluding hydrogens is 308 g/mol. The van der Waals surface area contributed by atoms with E-state index in [0.717, 1.165) is 5.69 Å². The van der Waals surface area contributed by atoms with E-state index in [1.807, 2.05) is 30.3 Å². The van der Waals surface area contributed by atoms with Crippen LogP contribution in [0.15, 0.2) is 71.2 Å². The minimum absolute atomic E-state index is 0.00221. The molecule has 6 nitrogen and oxygen atoms in total. The molecule has 0 fully saturated rings. The quantitative estimate of drug-likeness (QED) is 0.686. The molecule has 8 heteroatoms. The number of pyridine rings is 1. The van der Waals surface area contributed by atoms with Crippen molar-refractivity contribution < 1.29 is 8.42 Å². The standard InChI is InChI=1S/C13H10N4O2S2/c18-21(19,12-8-4-5-9-14-12)20-13-16-15-10-17(13)11-6-2-1-3-7-11/h1-10H. The fourth-order valence-electron chi connectivity index (χ4n) is 1.68. The van der Waals surface area contributed by atoms with Gasteiger partial charge in [-0.1, -0.05) is 24.3 Å². The summed E-state index contributed by atoms with van der Waals surface area (Å²) in [5.74, 6) is 0.